The van der Waals surface area contributed by atoms with E-state index in [1.54, 1.807) is 6.07 Å². The molecule has 3 nitrogen and oxygen atoms in total. The number of aliphatic hydroxyl groups is 1. The molecule has 1 aromatic carbocycles. The first-order valence-corrected chi connectivity index (χ1v) is 6.34. The highest BCUT2D eigenvalue weighted by molar-refractivity contribution is 9.10. The van der Waals surface area contributed by atoms with Gasteiger partial charge >= 0.3 is 0 Å². The number of carbonyl (C=O) groups is 1. The minimum atomic E-state index is -0.396. The van der Waals surface area contributed by atoms with Crippen LogP contribution in [0.15, 0.2) is 22.7 Å². The van der Waals surface area contributed by atoms with E-state index in [9.17, 15) is 4.79 Å². The molecule has 1 rings (SSSR count). The molecule has 17 heavy (non-hydrogen) atoms. The Morgan fingerprint density at radius 1 is 1.47 bits per heavy atom. The van der Waals surface area contributed by atoms with Crippen molar-refractivity contribution < 1.29 is 9.90 Å². The molecule has 4 heteroatoms. The fourth-order valence-electron chi connectivity index (χ4n) is 1.51. The van der Waals surface area contributed by atoms with Crippen LogP contribution in [0.5, 0.6) is 0 Å². The fraction of sp³-hybridized carbons (Fsp3) is 0.462. The number of carbonyl (C=O) groups excluding carboxylic acids is 1. The van der Waals surface area contributed by atoms with Crippen LogP contribution >= 0.6 is 15.9 Å². The van der Waals surface area contributed by atoms with Gasteiger partial charge in [-0.2, -0.15) is 0 Å². The second-order valence-electron chi connectivity index (χ2n) is 4.78. The highest BCUT2D eigenvalue weighted by Crippen LogP contribution is 2.18. The molecule has 2 N–H and O–H groups in total. The third kappa shape index (κ3) is 4.13. The maximum atomic E-state index is 12.0. The van der Waals surface area contributed by atoms with Gasteiger partial charge in [-0.25, -0.2) is 0 Å². The van der Waals surface area contributed by atoms with E-state index in [2.05, 4.69) is 21.2 Å². The van der Waals surface area contributed by atoms with Gasteiger partial charge in [0.05, 0.1) is 0 Å². The van der Waals surface area contributed by atoms with Gasteiger partial charge in [-0.1, -0.05) is 15.9 Å². The molecule has 0 aliphatic rings. The standard InChI is InChI=1S/C13H18BrNO2/c1-9-8-10(4-5-11(9)14)12(17)15-13(2,3)6-7-16/h4-5,8,16H,6-7H2,1-3H3,(H,15,17). The molecule has 0 heterocycles. The van der Waals surface area contributed by atoms with Crippen molar-refractivity contribution >= 4 is 21.8 Å². The number of aryl methyl sites for hydroxylation is 1. The Kier molecular flexibility index (Phi) is 4.71. The van der Waals surface area contributed by atoms with Crippen LogP contribution in [0.4, 0.5) is 0 Å². The molecule has 0 saturated heterocycles. The Morgan fingerprint density at radius 3 is 2.65 bits per heavy atom. The average molecular weight is 300 g/mol. The van der Waals surface area contributed by atoms with Crippen LogP contribution in [0.2, 0.25) is 0 Å². The molecule has 1 amide bonds. The van der Waals surface area contributed by atoms with Crippen molar-refractivity contribution in [2.75, 3.05) is 6.61 Å². The molecule has 0 aromatic heterocycles. The van der Waals surface area contributed by atoms with Gasteiger partial charge in [-0.15, -0.1) is 0 Å². The van der Waals surface area contributed by atoms with Crippen molar-refractivity contribution in [3.05, 3.63) is 33.8 Å². The summed E-state index contributed by atoms with van der Waals surface area (Å²) in [7, 11) is 0. The van der Waals surface area contributed by atoms with Gasteiger partial charge in [0.2, 0.25) is 0 Å². The summed E-state index contributed by atoms with van der Waals surface area (Å²) in [6.07, 6.45) is 0.536. The van der Waals surface area contributed by atoms with Gasteiger partial charge in [-0.05, 0) is 51.0 Å². The molecule has 0 unspecified atom stereocenters. The van der Waals surface area contributed by atoms with E-state index >= 15 is 0 Å². The summed E-state index contributed by atoms with van der Waals surface area (Å²) in [6.45, 7) is 5.80. The normalized spacial score (nSPS) is 11.4. The van der Waals surface area contributed by atoms with E-state index in [0.29, 0.717) is 12.0 Å². The Morgan fingerprint density at radius 2 is 2.12 bits per heavy atom. The molecular weight excluding hydrogens is 282 g/mol. The van der Waals surface area contributed by atoms with Crippen LogP contribution in [-0.4, -0.2) is 23.2 Å². The minimum absolute atomic E-state index is 0.0621. The summed E-state index contributed by atoms with van der Waals surface area (Å²) in [6, 6.07) is 5.49. The second kappa shape index (κ2) is 5.65. The van der Waals surface area contributed by atoms with E-state index in [1.165, 1.54) is 0 Å². The number of halogens is 1. The minimum Gasteiger partial charge on any atom is -0.396 e. The zero-order valence-corrected chi connectivity index (χ0v) is 12.0. The monoisotopic (exact) mass is 299 g/mol. The molecule has 0 fully saturated rings. The molecule has 1 aromatic rings. The van der Waals surface area contributed by atoms with E-state index in [4.69, 9.17) is 5.11 Å². The Bertz CT molecular complexity index is 416. The van der Waals surface area contributed by atoms with Crippen LogP contribution in [0.25, 0.3) is 0 Å². The number of benzene rings is 1. The SMILES string of the molecule is Cc1cc(C(=O)NC(C)(C)CCO)ccc1Br. The zero-order chi connectivity index (χ0) is 13.1. The number of hydrogen-bond donors (Lipinski definition) is 2. The zero-order valence-electron chi connectivity index (χ0n) is 10.4. The smallest absolute Gasteiger partial charge is 0.251 e. The summed E-state index contributed by atoms with van der Waals surface area (Å²) in [5, 5.41) is 11.8. The van der Waals surface area contributed by atoms with Crippen LogP contribution in [0.1, 0.15) is 36.2 Å². The first-order valence-electron chi connectivity index (χ1n) is 5.55. The maximum absolute atomic E-state index is 12.0. The second-order valence-corrected chi connectivity index (χ2v) is 5.63. The molecule has 0 bridgehead atoms. The number of rotatable bonds is 4. The van der Waals surface area contributed by atoms with Gasteiger partial charge < -0.3 is 10.4 Å². The van der Waals surface area contributed by atoms with Crippen LogP contribution in [-0.2, 0) is 0 Å². The van der Waals surface area contributed by atoms with Crippen LogP contribution in [0, 0.1) is 6.92 Å². The van der Waals surface area contributed by atoms with Crippen molar-refractivity contribution in [3.63, 3.8) is 0 Å². The number of amides is 1. The molecule has 0 aliphatic heterocycles. The molecule has 0 aliphatic carbocycles. The van der Waals surface area contributed by atoms with Crippen LogP contribution in [0.3, 0.4) is 0 Å². The topological polar surface area (TPSA) is 49.3 Å². The quantitative estimate of drug-likeness (QED) is 0.898. The molecule has 0 saturated carbocycles. The van der Waals surface area contributed by atoms with Crippen molar-refractivity contribution in [1.29, 1.82) is 0 Å². The Labute approximate surface area is 110 Å². The lowest BCUT2D eigenvalue weighted by atomic mass is 10.0. The van der Waals surface area contributed by atoms with Gasteiger partial charge in [0.25, 0.3) is 5.91 Å². The van der Waals surface area contributed by atoms with Gasteiger partial charge in [0.1, 0.15) is 0 Å². The van der Waals surface area contributed by atoms with E-state index < -0.39 is 5.54 Å². The van der Waals surface area contributed by atoms with Crippen LogP contribution < -0.4 is 5.32 Å². The molecular formula is C13H18BrNO2. The molecule has 0 atom stereocenters. The lowest BCUT2D eigenvalue weighted by molar-refractivity contribution is 0.0899. The molecule has 0 spiro atoms. The highest BCUT2D eigenvalue weighted by Gasteiger charge is 2.20. The van der Waals surface area contributed by atoms with E-state index in [0.717, 1.165) is 10.0 Å². The molecule has 0 radical (unpaired) electrons. The first kappa shape index (κ1) is 14.2. The maximum Gasteiger partial charge on any atom is 0.251 e. The van der Waals surface area contributed by atoms with E-state index in [-0.39, 0.29) is 12.5 Å². The first-order chi connectivity index (χ1) is 7.85. The number of hydrogen-bond acceptors (Lipinski definition) is 2. The Balaban J connectivity index is 2.80. The van der Waals surface area contributed by atoms with Gasteiger partial charge in [-0.3, -0.25) is 4.79 Å². The predicted molar refractivity (Wildman–Crippen MR) is 72.1 cm³/mol. The van der Waals surface area contributed by atoms with Crippen molar-refractivity contribution in [3.8, 4) is 0 Å². The van der Waals surface area contributed by atoms with E-state index in [1.807, 2.05) is 32.9 Å². The summed E-state index contributed by atoms with van der Waals surface area (Å²) in [4.78, 5) is 12.0. The van der Waals surface area contributed by atoms with Crippen molar-refractivity contribution in [2.24, 2.45) is 0 Å². The molecule has 94 valence electrons. The van der Waals surface area contributed by atoms with Crippen molar-refractivity contribution in [1.82, 2.24) is 5.32 Å². The average Bonchev–Trinajstić information content (AvgIpc) is 2.21. The third-order valence-corrected chi connectivity index (χ3v) is 3.50. The third-order valence-electron chi connectivity index (χ3n) is 2.61. The summed E-state index contributed by atoms with van der Waals surface area (Å²) < 4.78 is 0.990. The lowest BCUT2D eigenvalue weighted by Gasteiger charge is -2.25. The van der Waals surface area contributed by atoms with Crippen molar-refractivity contribution in [2.45, 2.75) is 32.7 Å². The summed E-state index contributed by atoms with van der Waals surface area (Å²) >= 11 is 3.40. The summed E-state index contributed by atoms with van der Waals surface area (Å²) in [5.41, 5.74) is 1.27. The predicted octanol–water partition coefficient (Wildman–Crippen LogP) is 2.65. The number of nitrogens with one attached hydrogen (secondary N) is 1. The summed E-state index contributed by atoms with van der Waals surface area (Å²) in [5.74, 6) is -0.112. The fourth-order valence-corrected chi connectivity index (χ4v) is 1.75. The highest BCUT2D eigenvalue weighted by atomic mass is 79.9. The van der Waals surface area contributed by atoms with Gasteiger partial charge in [0, 0.05) is 22.2 Å². The number of aliphatic hydroxyl groups excluding tert-OH is 1. The van der Waals surface area contributed by atoms with Gasteiger partial charge in [0.15, 0.2) is 0 Å². The largest absolute Gasteiger partial charge is 0.396 e. The Hall–Kier alpha value is -0.870. The lowest BCUT2D eigenvalue weighted by Crippen LogP contribution is -2.44.